The van der Waals surface area contributed by atoms with Crippen molar-refractivity contribution in [3.63, 3.8) is 0 Å². The van der Waals surface area contributed by atoms with E-state index in [0.29, 0.717) is 19.0 Å². The lowest BCUT2D eigenvalue weighted by atomic mass is 10.1. The molecular weight excluding hydrogens is 329 g/mol. The molecule has 2 N–H and O–H groups in total. The second kappa shape index (κ2) is 6.12. The van der Waals surface area contributed by atoms with Crippen LogP contribution in [0.2, 0.25) is 5.02 Å². The normalized spacial score (nSPS) is 20.5. The molecule has 1 aromatic rings. The molecule has 0 aromatic heterocycles. The standard InChI is InChI=1S/C12H14ClF3N2O2S/c13-11-4-3-9(6-10(11)12(14,15)16)21(19,20)18-8-2-1-5-17-7-8/h3-4,6,8,17-18H,1-2,5,7H2. The lowest BCUT2D eigenvalue weighted by molar-refractivity contribution is -0.137. The molecule has 0 spiro atoms. The van der Waals surface area contributed by atoms with Gasteiger partial charge in [0.05, 0.1) is 15.5 Å². The predicted octanol–water partition coefficient (Wildman–Crippen LogP) is 2.39. The molecule has 1 heterocycles. The first-order chi connectivity index (χ1) is 9.70. The van der Waals surface area contributed by atoms with Gasteiger partial charge in [0.25, 0.3) is 0 Å². The van der Waals surface area contributed by atoms with Crippen molar-refractivity contribution in [3.05, 3.63) is 28.8 Å². The van der Waals surface area contributed by atoms with Gasteiger partial charge in [-0.15, -0.1) is 0 Å². The summed E-state index contributed by atoms with van der Waals surface area (Å²) < 4.78 is 65.0. The van der Waals surface area contributed by atoms with E-state index >= 15 is 0 Å². The van der Waals surface area contributed by atoms with Crippen molar-refractivity contribution in [2.24, 2.45) is 0 Å². The quantitative estimate of drug-likeness (QED) is 0.886. The van der Waals surface area contributed by atoms with Crippen LogP contribution in [0.15, 0.2) is 23.1 Å². The minimum atomic E-state index is -4.70. The van der Waals surface area contributed by atoms with E-state index in [9.17, 15) is 21.6 Å². The van der Waals surface area contributed by atoms with E-state index in [-0.39, 0.29) is 6.04 Å². The average molecular weight is 343 g/mol. The number of alkyl halides is 3. The molecule has 9 heteroatoms. The molecule has 21 heavy (non-hydrogen) atoms. The van der Waals surface area contributed by atoms with Gasteiger partial charge in [-0.05, 0) is 37.6 Å². The Morgan fingerprint density at radius 2 is 2.05 bits per heavy atom. The maximum atomic E-state index is 12.8. The van der Waals surface area contributed by atoms with E-state index in [1.165, 1.54) is 0 Å². The molecule has 1 aliphatic rings. The number of piperidine rings is 1. The fraction of sp³-hybridized carbons (Fsp3) is 0.500. The summed E-state index contributed by atoms with van der Waals surface area (Å²) in [7, 11) is -4.01. The van der Waals surface area contributed by atoms with Crippen LogP contribution < -0.4 is 10.0 Å². The summed E-state index contributed by atoms with van der Waals surface area (Å²) in [5.74, 6) is 0. The Balaban J connectivity index is 2.27. The van der Waals surface area contributed by atoms with E-state index < -0.39 is 31.7 Å². The van der Waals surface area contributed by atoms with Crippen molar-refractivity contribution in [3.8, 4) is 0 Å². The fourth-order valence-electron chi connectivity index (χ4n) is 2.13. The van der Waals surface area contributed by atoms with Gasteiger partial charge in [-0.3, -0.25) is 0 Å². The van der Waals surface area contributed by atoms with Crippen LogP contribution in [-0.4, -0.2) is 27.5 Å². The monoisotopic (exact) mass is 342 g/mol. The number of nitrogens with one attached hydrogen (secondary N) is 2. The molecule has 2 rings (SSSR count). The van der Waals surface area contributed by atoms with Gasteiger partial charge < -0.3 is 5.32 Å². The van der Waals surface area contributed by atoms with Crippen molar-refractivity contribution in [2.75, 3.05) is 13.1 Å². The van der Waals surface area contributed by atoms with Gasteiger partial charge in [-0.1, -0.05) is 11.6 Å². The molecule has 1 aromatic carbocycles. The van der Waals surface area contributed by atoms with Crippen LogP contribution in [0, 0.1) is 0 Å². The number of halogens is 4. The molecule has 1 atom stereocenters. The van der Waals surface area contributed by atoms with E-state index in [0.717, 1.165) is 25.1 Å². The minimum Gasteiger partial charge on any atom is -0.315 e. The Hall–Kier alpha value is -0.830. The first-order valence-electron chi connectivity index (χ1n) is 6.30. The van der Waals surface area contributed by atoms with Crippen molar-refractivity contribution in [1.82, 2.24) is 10.0 Å². The fourth-order valence-corrected chi connectivity index (χ4v) is 3.65. The number of hydrogen-bond acceptors (Lipinski definition) is 3. The highest BCUT2D eigenvalue weighted by molar-refractivity contribution is 7.89. The lowest BCUT2D eigenvalue weighted by Crippen LogP contribution is -2.45. The van der Waals surface area contributed by atoms with E-state index in [2.05, 4.69) is 10.0 Å². The molecule has 4 nitrogen and oxygen atoms in total. The maximum Gasteiger partial charge on any atom is 0.417 e. The third-order valence-corrected chi connectivity index (χ3v) is 5.02. The van der Waals surface area contributed by atoms with Gasteiger partial charge in [0.15, 0.2) is 0 Å². The lowest BCUT2D eigenvalue weighted by Gasteiger charge is -2.23. The summed E-state index contributed by atoms with van der Waals surface area (Å²) >= 11 is 5.48. The van der Waals surface area contributed by atoms with Crippen LogP contribution in [0.4, 0.5) is 13.2 Å². The van der Waals surface area contributed by atoms with Crippen LogP contribution in [0.25, 0.3) is 0 Å². The van der Waals surface area contributed by atoms with Crippen LogP contribution in [-0.2, 0) is 16.2 Å². The molecule has 0 saturated carbocycles. The molecular formula is C12H14ClF3N2O2S. The Morgan fingerprint density at radius 1 is 1.33 bits per heavy atom. The molecule has 1 aliphatic heterocycles. The molecule has 1 fully saturated rings. The highest BCUT2D eigenvalue weighted by Gasteiger charge is 2.34. The van der Waals surface area contributed by atoms with Gasteiger partial charge in [0, 0.05) is 12.6 Å². The molecule has 0 amide bonds. The summed E-state index contributed by atoms with van der Waals surface area (Å²) in [5, 5.41) is 2.50. The third-order valence-electron chi connectivity index (χ3n) is 3.17. The topological polar surface area (TPSA) is 58.2 Å². The molecule has 0 bridgehead atoms. The Bertz CT molecular complexity index is 613. The number of sulfonamides is 1. The van der Waals surface area contributed by atoms with Crippen molar-refractivity contribution >= 4 is 21.6 Å². The Labute approximate surface area is 125 Å². The van der Waals surface area contributed by atoms with Crippen molar-refractivity contribution in [2.45, 2.75) is 30.0 Å². The van der Waals surface area contributed by atoms with Crippen LogP contribution in [0.5, 0.6) is 0 Å². The Morgan fingerprint density at radius 3 is 2.62 bits per heavy atom. The van der Waals surface area contributed by atoms with Crippen molar-refractivity contribution in [1.29, 1.82) is 0 Å². The largest absolute Gasteiger partial charge is 0.417 e. The summed E-state index contributed by atoms with van der Waals surface area (Å²) in [4.78, 5) is -0.440. The molecule has 118 valence electrons. The first-order valence-corrected chi connectivity index (χ1v) is 8.16. The van der Waals surface area contributed by atoms with Gasteiger partial charge in [0.2, 0.25) is 10.0 Å². The van der Waals surface area contributed by atoms with E-state index in [1.54, 1.807) is 0 Å². The molecule has 0 aliphatic carbocycles. The average Bonchev–Trinajstić information content (AvgIpc) is 2.38. The number of benzene rings is 1. The summed E-state index contributed by atoms with van der Waals surface area (Å²) in [6.07, 6.45) is -3.25. The summed E-state index contributed by atoms with van der Waals surface area (Å²) in [6.45, 7) is 1.26. The second-order valence-corrected chi connectivity index (χ2v) is 6.93. The van der Waals surface area contributed by atoms with E-state index in [4.69, 9.17) is 11.6 Å². The van der Waals surface area contributed by atoms with Gasteiger partial charge in [-0.25, -0.2) is 13.1 Å². The van der Waals surface area contributed by atoms with Gasteiger partial charge in [-0.2, -0.15) is 13.2 Å². The van der Waals surface area contributed by atoms with Crippen LogP contribution >= 0.6 is 11.6 Å². The smallest absolute Gasteiger partial charge is 0.315 e. The zero-order valence-corrected chi connectivity index (χ0v) is 12.4. The van der Waals surface area contributed by atoms with Crippen LogP contribution in [0.3, 0.4) is 0 Å². The van der Waals surface area contributed by atoms with Gasteiger partial charge >= 0.3 is 6.18 Å². The zero-order chi connectivity index (χ0) is 15.7. The molecule has 1 saturated heterocycles. The summed E-state index contributed by atoms with van der Waals surface area (Å²) in [6, 6.07) is 2.24. The first kappa shape index (κ1) is 16.5. The van der Waals surface area contributed by atoms with Crippen LogP contribution in [0.1, 0.15) is 18.4 Å². The third kappa shape index (κ3) is 4.09. The highest BCUT2D eigenvalue weighted by atomic mass is 35.5. The number of hydrogen-bond donors (Lipinski definition) is 2. The molecule has 1 unspecified atom stereocenters. The Kier molecular flexibility index (Phi) is 4.82. The van der Waals surface area contributed by atoms with E-state index in [1.807, 2.05) is 0 Å². The minimum absolute atomic E-state index is 0.325. The zero-order valence-electron chi connectivity index (χ0n) is 10.9. The van der Waals surface area contributed by atoms with Crippen molar-refractivity contribution < 1.29 is 21.6 Å². The highest BCUT2D eigenvalue weighted by Crippen LogP contribution is 2.35. The number of rotatable bonds is 3. The van der Waals surface area contributed by atoms with Gasteiger partial charge in [0.1, 0.15) is 0 Å². The SMILES string of the molecule is O=S(=O)(NC1CCCNC1)c1ccc(Cl)c(C(F)(F)F)c1. The molecule has 0 radical (unpaired) electrons. The summed E-state index contributed by atoms with van der Waals surface area (Å²) in [5.41, 5.74) is -1.16. The predicted molar refractivity (Wildman–Crippen MR) is 72.7 cm³/mol. The second-order valence-electron chi connectivity index (χ2n) is 4.80. The maximum absolute atomic E-state index is 12.8.